The fraction of sp³-hybridized carbons (Fsp3) is 0.533. The highest BCUT2D eigenvalue weighted by Gasteiger charge is 2.28. The van der Waals surface area contributed by atoms with Gasteiger partial charge in [-0.05, 0) is 47.8 Å². The minimum Gasteiger partial charge on any atom is -0.492 e. The predicted octanol–water partition coefficient (Wildman–Crippen LogP) is 3.23. The van der Waals surface area contributed by atoms with Crippen LogP contribution in [0.3, 0.4) is 0 Å². The minimum absolute atomic E-state index is 0.192. The van der Waals surface area contributed by atoms with E-state index in [0.717, 1.165) is 39.6 Å². The Kier molecular flexibility index (Phi) is 6.51. The van der Waals surface area contributed by atoms with E-state index in [-0.39, 0.29) is 11.8 Å². The van der Waals surface area contributed by atoms with Crippen molar-refractivity contribution in [2.75, 3.05) is 19.7 Å². The van der Waals surface area contributed by atoms with Gasteiger partial charge in [0.25, 0.3) is 0 Å². The van der Waals surface area contributed by atoms with Gasteiger partial charge >= 0.3 is 0 Å². The van der Waals surface area contributed by atoms with E-state index >= 15 is 0 Å². The zero-order valence-corrected chi connectivity index (χ0v) is 15.2. The highest BCUT2D eigenvalue weighted by Crippen LogP contribution is 2.33. The summed E-state index contributed by atoms with van der Waals surface area (Å²) in [5.74, 6) is 1.34. The van der Waals surface area contributed by atoms with Crippen LogP contribution in [0, 0.1) is 5.92 Å². The Morgan fingerprint density at radius 1 is 1.33 bits per heavy atom. The normalized spacial score (nSPS) is 14.0. The lowest BCUT2D eigenvalue weighted by Crippen LogP contribution is -2.32. The van der Waals surface area contributed by atoms with E-state index in [1.54, 1.807) is 0 Å². The number of benzene rings is 1. The molecule has 0 radical (unpaired) electrons. The molecule has 116 valence electrons. The average molecular weight is 420 g/mol. The molecule has 2 N–H and O–H groups in total. The summed E-state index contributed by atoms with van der Waals surface area (Å²) in [4.78, 5) is 11.5. The van der Waals surface area contributed by atoms with Gasteiger partial charge in [0.15, 0.2) is 0 Å². The molecular formula is C15H20Br2N2O2. The lowest BCUT2D eigenvalue weighted by molar-refractivity contribution is -0.122. The summed E-state index contributed by atoms with van der Waals surface area (Å²) in [6.07, 6.45) is 2.09. The topological polar surface area (TPSA) is 50.4 Å². The van der Waals surface area contributed by atoms with Crippen LogP contribution >= 0.6 is 31.9 Å². The lowest BCUT2D eigenvalue weighted by atomic mass is 10.2. The highest BCUT2D eigenvalue weighted by molar-refractivity contribution is 9.11. The Hall–Kier alpha value is -0.590. The summed E-state index contributed by atoms with van der Waals surface area (Å²) in [5.41, 5.74) is 1.09. The third-order valence-corrected chi connectivity index (χ3v) is 4.29. The van der Waals surface area contributed by atoms with Gasteiger partial charge in [-0.25, -0.2) is 0 Å². The molecule has 2 rings (SSSR count). The van der Waals surface area contributed by atoms with E-state index in [1.807, 2.05) is 19.1 Å². The van der Waals surface area contributed by atoms with Crippen molar-refractivity contribution in [2.24, 2.45) is 5.92 Å². The Labute approximate surface area is 142 Å². The quantitative estimate of drug-likeness (QED) is 0.636. The molecular weight excluding hydrogens is 400 g/mol. The fourth-order valence-corrected chi connectivity index (χ4v) is 3.47. The number of hydrogen-bond donors (Lipinski definition) is 2. The number of carbonyl (C=O) groups excluding carboxylic acids is 1. The molecule has 1 saturated carbocycles. The van der Waals surface area contributed by atoms with Gasteiger partial charge in [-0.3, -0.25) is 4.79 Å². The second kappa shape index (κ2) is 8.15. The first kappa shape index (κ1) is 16.8. The minimum atomic E-state index is 0.192. The number of ether oxygens (including phenoxy) is 1. The van der Waals surface area contributed by atoms with Crippen LogP contribution in [-0.2, 0) is 11.3 Å². The summed E-state index contributed by atoms with van der Waals surface area (Å²) in [7, 11) is 0. The van der Waals surface area contributed by atoms with E-state index in [2.05, 4.69) is 42.5 Å². The molecule has 0 saturated heterocycles. The molecule has 21 heavy (non-hydrogen) atoms. The third kappa shape index (κ3) is 5.27. The standard InChI is InChI=1S/C15H20Br2N2O2/c1-2-21-14-11(7-12(16)8-13(14)17)9-18-5-6-19-15(20)10-3-4-10/h7-8,10,18H,2-6,9H2,1H3,(H,19,20). The average Bonchev–Trinajstić information content (AvgIpc) is 3.26. The van der Waals surface area contributed by atoms with Crippen molar-refractivity contribution in [2.45, 2.75) is 26.3 Å². The fourth-order valence-electron chi connectivity index (χ4n) is 2.04. The van der Waals surface area contributed by atoms with Gasteiger partial charge in [-0.15, -0.1) is 0 Å². The smallest absolute Gasteiger partial charge is 0.223 e. The van der Waals surface area contributed by atoms with Crippen molar-refractivity contribution < 1.29 is 9.53 Å². The van der Waals surface area contributed by atoms with Crippen molar-refractivity contribution in [3.63, 3.8) is 0 Å². The molecule has 0 heterocycles. The maximum atomic E-state index is 11.5. The molecule has 0 bridgehead atoms. The number of hydrogen-bond acceptors (Lipinski definition) is 3. The van der Waals surface area contributed by atoms with Gasteiger partial charge in [-0.2, -0.15) is 0 Å². The zero-order chi connectivity index (χ0) is 15.2. The third-order valence-electron chi connectivity index (χ3n) is 3.24. The molecule has 0 aliphatic heterocycles. The second-order valence-electron chi connectivity index (χ2n) is 5.05. The molecule has 4 nitrogen and oxygen atoms in total. The van der Waals surface area contributed by atoms with Crippen LogP contribution in [0.2, 0.25) is 0 Å². The molecule has 1 aliphatic carbocycles. The maximum Gasteiger partial charge on any atom is 0.223 e. The predicted molar refractivity (Wildman–Crippen MR) is 90.5 cm³/mol. The van der Waals surface area contributed by atoms with E-state index in [4.69, 9.17) is 4.74 Å². The molecule has 0 spiro atoms. The lowest BCUT2D eigenvalue weighted by Gasteiger charge is -2.14. The molecule has 0 aromatic heterocycles. The first-order valence-electron chi connectivity index (χ1n) is 7.21. The molecule has 1 aromatic carbocycles. The van der Waals surface area contributed by atoms with E-state index in [9.17, 15) is 4.79 Å². The molecule has 1 fully saturated rings. The van der Waals surface area contributed by atoms with Crippen LogP contribution in [0.15, 0.2) is 21.1 Å². The monoisotopic (exact) mass is 418 g/mol. The van der Waals surface area contributed by atoms with Crippen LogP contribution in [0.25, 0.3) is 0 Å². The number of rotatable bonds is 8. The Bertz CT molecular complexity index is 505. The van der Waals surface area contributed by atoms with Crippen molar-refractivity contribution >= 4 is 37.8 Å². The van der Waals surface area contributed by atoms with Crippen molar-refractivity contribution in [3.05, 3.63) is 26.6 Å². The Balaban J connectivity index is 1.80. The van der Waals surface area contributed by atoms with Crippen LogP contribution in [0.5, 0.6) is 5.75 Å². The van der Waals surface area contributed by atoms with Crippen LogP contribution < -0.4 is 15.4 Å². The Morgan fingerprint density at radius 2 is 2.10 bits per heavy atom. The molecule has 1 amide bonds. The first-order chi connectivity index (χ1) is 10.1. The molecule has 0 unspecified atom stereocenters. The van der Waals surface area contributed by atoms with Crippen molar-refractivity contribution in [1.82, 2.24) is 10.6 Å². The van der Waals surface area contributed by atoms with E-state index in [1.165, 1.54) is 0 Å². The number of halogens is 2. The molecule has 1 aliphatic rings. The SMILES string of the molecule is CCOc1c(Br)cc(Br)cc1CNCCNC(=O)C1CC1. The van der Waals surface area contributed by atoms with Crippen LogP contribution in [0.1, 0.15) is 25.3 Å². The summed E-state index contributed by atoms with van der Waals surface area (Å²) in [5, 5.41) is 6.28. The first-order valence-corrected chi connectivity index (χ1v) is 8.79. The zero-order valence-electron chi connectivity index (χ0n) is 12.0. The number of nitrogens with one attached hydrogen (secondary N) is 2. The summed E-state index contributed by atoms with van der Waals surface area (Å²) >= 11 is 7.02. The molecule has 0 atom stereocenters. The molecule has 6 heteroatoms. The summed E-state index contributed by atoms with van der Waals surface area (Å²) in [6.45, 7) is 4.71. The van der Waals surface area contributed by atoms with Gasteiger partial charge in [-0.1, -0.05) is 15.9 Å². The van der Waals surface area contributed by atoms with Gasteiger partial charge in [0, 0.05) is 35.6 Å². The number of carbonyl (C=O) groups is 1. The maximum absolute atomic E-state index is 11.5. The van der Waals surface area contributed by atoms with Gasteiger partial charge in [0.1, 0.15) is 5.75 Å². The summed E-state index contributed by atoms with van der Waals surface area (Å²) in [6, 6.07) is 4.02. The largest absolute Gasteiger partial charge is 0.492 e. The molecule has 1 aromatic rings. The van der Waals surface area contributed by atoms with Gasteiger partial charge < -0.3 is 15.4 Å². The van der Waals surface area contributed by atoms with Gasteiger partial charge in [0.05, 0.1) is 11.1 Å². The van der Waals surface area contributed by atoms with Crippen LogP contribution in [0.4, 0.5) is 0 Å². The Morgan fingerprint density at radius 3 is 2.76 bits per heavy atom. The summed E-state index contributed by atoms with van der Waals surface area (Å²) < 4.78 is 7.63. The highest BCUT2D eigenvalue weighted by atomic mass is 79.9. The van der Waals surface area contributed by atoms with Crippen molar-refractivity contribution in [1.29, 1.82) is 0 Å². The second-order valence-corrected chi connectivity index (χ2v) is 6.82. The van der Waals surface area contributed by atoms with Gasteiger partial charge in [0.2, 0.25) is 5.91 Å². The number of amides is 1. The van der Waals surface area contributed by atoms with E-state index < -0.39 is 0 Å². The van der Waals surface area contributed by atoms with Crippen LogP contribution in [-0.4, -0.2) is 25.6 Å². The van der Waals surface area contributed by atoms with Crippen molar-refractivity contribution in [3.8, 4) is 5.75 Å². The van der Waals surface area contributed by atoms with E-state index in [0.29, 0.717) is 19.7 Å².